The van der Waals surface area contributed by atoms with Gasteiger partial charge in [-0.05, 0) is 31.5 Å². The molecule has 1 fully saturated rings. The molecular weight excluding hydrogens is 380 g/mol. The van der Waals surface area contributed by atoms with Crippen molar-refractivity contribution in [1.29, 1.82) is 0 Å². The van der Waals surface area contributed by atoms with Crippen molar-refractivity contribution in [2.24, 2.45) is 11.8 Å². The minimum Gasteiger partial charge on any atom is -0.480 e. The highest BCUT2D eigenvalue weighted by Crippen LogP contribution is 2.39. The van der Waals surface area contributed by atoms with Gasteiger partial charge in [0.1, 0.15) is 11.8 Å². The van der Waals surface area contributed by atoms with Crippen LogP contribution in [-0.4, -0.2) is 46.8 Å². The number of carboxylic acid groups (broad SMARTS) is 1. The topological polar surface area (TPSA) is 86.7 Å². The molecular formula is C24H28N2O4. The summed E-state index contributed by atoms with van der Waals surface area (Å²) in [6, 6.07) is 18.1. The number of ketones is 1. The second-order valence-electron chi connectivity index (χ2n) is 7.90. The van der Waals surface area contributed by atoms with Gasteiger partial charge in [0.2, 0.25) is 5.91 Å². The molecule has 0 spiro atoms. The molecule has 6 nitrogen and oxygen atoms in total. The number of hydrogen-bond acceptors (Lipinski definition) is 4. The summed E-state index contributed by atoms with van der Waals surface area (Å²) in [5, 5.41) is 12.7. The van der Waals surface area contributed by atoms with Crippen LogP contribution in [0.4, 0.5) is 0 Å². The molecule has 158 valence electrons. The van der Waals surface area contributed by atoms with E-state index in [2.05, 4.69) is 5.32 Å². The first kappa shape index (κ1) is 21.7. The van der Waals surface area contributed by atoms with Crippen molar-refractivity contribution >= 4 is 17.7 Å². The number of amides is 1. The van der Waals surface area contributed by atoms with Crippen molar-refractivity contribution in [3.05, 3.63) is 71.8 Å². The van der Waals surface area contributed by atoms with Gasteiger partial charge in [0.15, 0.2) is 0 Å². The molecule has 0 aliphatic carbocycles. The third kappa shape index (κ3) is 4.76. The highest BCUT2D eigenvalue weighted by molar-refractivity contribution is 5.89. The van der Waals surface area contributed by atoms with Crippen LogP contribution < -0.4 is 5.32 Å². The fraction of sp³-hybridized carbons (Fsp3) is 0.375. The Balaban J connectivity index is 2.04. The fourth-order valence-electron chi connectivity index (χ4n) is 4.56. The molecule has 1 aliphatic rings. The molecule has 30 heavy (non-hydrogen) atoms. The van der Waals surface area contributed by atoms with Gasteiger partial charge in [-0.25, -0.2) is 0 Å². The van der Waals surface area contributed by atoms with Gasteiger partial charge in [-0.3, -0.25) is 9.59 Å². The van der Waals surface area contributed by atoms with Gasteiger partial charge >= 0.3 is 5.97 Å². The van der Waals surface area contributed by atoms with Gasteiger partial charge in [-0.2, -0.15) is 0 Å². The minimum atomic E-state index is -1.01. The smallest absolute Gasteiger partial charge is 0.321 e. The number of carbonyl (C=O) groups excluding carboxylic acids is 2. The molecule has 1 unspecified atom stereocenters. The van der Waals surface area contributed by atoms with Crippen molar-refractivity contribution in [3.8, 4) is 0 Å². The molecule has 0 bridgehead atoms. The monoisotopic (exact) mass is 408 g/mol. The summed E-state index contributed by atoms with van der Waals surface area (Å²) >= 11 is 0. The number of Topliss-reactive ketones (excluding diaryl/α,β-unsaturated/α-hetero) is 1. The Morgan fingerprint density at radius 2 is 1.60 bits per heavy atom. The van der Waals surface area contributed by atoms with Gasteiger partial charge in [0, 0.05) is 24.9 Å². The van der Waals surface area contributed by atoms with Crippen LogP contribution >= 0.6 is 0 Å². The molecule has 2 N–H and O–H groups in total. The highest BCUT2D eigenvalue weighted by Gasteiger charge is 2.52. The van der Waals surface area contributed by atoms with Crippen molar-refractivity contribution in [2.45, 2.75) is 38.4 Å². The zero-order valence-corrected chi connectivity index (χ0v) is 17.3. The molecule has 0 radical (unpaired) electrons. The molecule has 4 atom stereocenters. The van der Waals surface area contributed by atoms with Crippen molar-refractivity contribution in [2.75, 3.05) is 7.05 Å². The van der Waals surface area contributed by atoms with E-state index >= 15 is 0 Å². The lowest BCUT2D eigenvalue weighted by atomic mass is 9.79. The second kappa shape index (κ2) is 9.67. The fourth-order valence-corrected chi connectivity index (χ4v) is 4.56. The lowest BCUT2D eigenvalue weighted by molar-refractivity contribution is -0.142. The molecule has 1 amide bonds. The van der Waals surface area contributed by atoms with Gasteiger partial charge in [0.25, 0.3) is 0 Å². The minimum absolute atomic E-state index is 0.0472. The SMILES string of the molecule is CNC(C(=O)O)[C@@H]1[C@@H](CC(C)=O)C(=O)N(Cc2ccccc2)[C@H]1Cc1ccccc1. The number of likely N-dealkylation sites (N-methyl/N-ethyl adjacent to an activating group) is 1. The van der Waals surface area contributed by atoms with E-state index in [1.807, 2.05) is 60.7 Å². The maximum atomic E-state index is 13.5. The number of carboxylic acids is 1. The Bertz CT molecular complexity index is 885. The van der Waals surface area contributed by atoms with E-state index in [9.17, 15) is 19.5 Å². The van der Waals surface area contributed by atoms with Crippen molar-refractivity contribution < 1.29 is 19.5 Å². The Morgan fingerprint density at radius 1 is 1.03 bits per heavy atom. The van der Waals surface area contributed by atoms with Crippen molar-refractivity contribution in [1.82, 2.24) is 10.2 Å². The van der Waals surface area contributed by atoms with Crippen LogP contribution in [0, 0.1) is 11.8 Å². The summed E-state index contributed by atoms with van der Waals surface area (Å²) in [6.45, 7) is 1.84. The lowest BCUT2D eigenvalue weighted by Crippen LogP contribution is -2.49. The quantitative estimate of drug-likeness (QED) is 0.666. The largest absolute Gasteiger partial charge is 0.480 e. The van der Waals surface area contributed by atoms with Crippen LogP contribution in [0.1, 0.15) is 24.5 Å². The standard InChI is InChI=1S/C24H28N2O4/c1-16(27)13-19-21(22(25-2)24(29)30)20(14-17-9-5-3-6-10-17)26(23(19)28)15-18-11-7-4-8-12-18/h3-12,19-22,25H,13-15H2,1-2H3,(H,29,30)/t19-,20+,21-,22?/m1/s1. The maximum absolute atomic E-state index is 13.5. The van der Waals surface area contributed by atoms with Crippen LogP contribution in [0.15, 0.2) is 60.7 Å². The molecule has 2 aromatic carbocycles. The summed E-state index contributed by atoms with van der Waals surface area (Å²) in [5.74, 6) is -2.45. The molecule has 6 heteroatoms. The van der Waals surface area contributed by atoms with Crippen molar-refractivity contribution in [3.63, 3.8) is 0 Å². The predicted octanol–water partition coefficient (Wildman–Crippen LogP) is 2.52. The summed E-state index contributed by atoms with van der Waals surface area (Å²) in [6.07, 6.45) is 0.579. The van der Waals surface area contributed by atoms with E-state index in [-0.39, 0.29) is 24.2 Å². The first-order valence-corrected chi connectivity index (χ1v) is 10.2. The van der Waals surface area contributed by atoms with E-state index in [4.69, 9.17) is 0 Å². The summed E-state index contributed by atoms with van der Waals surface area (Å²) in [4.78, 5) is 39.2. The normalized spacial score (nSPS) is 22.1. The van der Waals surface area contributed by atoms with Crippen LogP contribution in [0.2, 0.25) is 0 Å². The third-order valence-corrected chi connectivity index (χ3v) is 5.86. The molecule has 0 aromatic heterocycles. The number of likely N-dealkylation sites (tertiary alicyclic amines) is 1. The predicted molar refractivity (Wildman–Crippen MR) is 114 cm³/mol. The second-order valence-corrected chi connectivity index (χ2v) is 7.90. The van der Waals surface area contributed by atoms with E-state index in [0.717, 1.165) is 11.1 Å². The number of hydrogen-bond donors (Lipinski definition) is 2. The maximum Gasteiger partial charge on any atom is 0.321 e. The molecule has 3 rings (SSSR count). The number of benzene rings is 2. The molecule has 0 saturated carbocycles. The first-order valence-electron chi connectivity index (χ1n) is 10.2. The zero-order valence-electron chi connectivity index (χ0n) is 17.3. The summed E-state index contributed by atoms with van der Waals surface area (Å²) < 4.78 is 0. The Morgan fingerprint density at radius 3 is 2.10 bits per heavy atom. The highest BCUT2D eigenvalue weighted by atomic mass is 16.4. The van der Waals surface area contributed by atoms with Gasteiger partial charge in [-0.1, -0.05) is 60.7 Å². The molecule has 1 aliphatic heterocycles. The van der Waals surface area contributed by atoms with Crippen LogP contribution in [0.5, 0.6) is 0 Å². The third-order valence-electron chi connectivity index (χ3n) is 5.86. The number of rotatable bonds is 9. The zero-order chi connectivity index (χ0) is 21.7. The average Bonchev–Trinajstić information content (AvgIpc) is 2.95. The van der Waals surface area contributed by atoms with Gasteiger partial charge < -0.3 is 20.1 Å². The lowest BCUT2D eigenvalue weighted by Gasteiger charge is -2.32. The number of nitrogens with zero attached hydrogens (tertiary/aromatic N) is 1. The number of nitrogens with one attached hydrogen (secondary N) is 1. The van der Waals surface area contributed by atoms with E-state index in [1.165, 1.54) is 6.92 Å². The molecule has 1 heterocycles. The van der Waals surface area contributed by atoms with E-state index in [1.54, 1.807) is 11.9 Å². The molecule has 1 saturated heterocycles. The van der Waals surface area contributed by atoms with Crippen LogP contribution in [0.25, 0.3) is 0 Å². The van der Waals surface area contributed by atoms with Gasteiger partial charge in [-0.15, -0.1) is 0 Å². The Hall–Kier alpha value is -2.99. The summed E-state index contributed by atoms with van der Waals surface area (Å²) in [5.41, 5.74) is 2.00. The number of carbonyl (C=O) groups is 3. The Kier molecular flexibility index (Phi) is 7.00. The van der Waals surface area contributed by atoms with Crippen LogP contribution in [0.3, 0.4) is 0 Å². The summed E-state index contributed by atoms with van der Waals surface area (Å²) in [7, 11) is 1.59. The first-order chi connectivity index (χ1) is 14.4. The van der Waals surface area contributed by atoms with Gasteiger partial charge in [0.05, 0.1) is 5.92 Å². The number of aliphatic carboxylic acids is 1. The molecule has 2 aromatic rings. The van der Waals surface area contributed by atoms with E-state index in [0.29, 0.717) is 13.0 Å². The Labute approximate surface area is 176 Å². The van der Waals surface area contributed by atoms with Crippen LogP contribution in [-0.2, 0) is 27.3 Å². The van der Waals surface area contributed by atoms with E-state index < -0.39 is 23.8 Å². The average molecular weight is 408 g/mol.